The molecule has 0 spiro atoms. The van der Waals surface area contributed by atoms with E-state index in [-0.39, 0.29) is 6.42 Å². The van der Waals surface area contributed by atoms with Crippen LogP contribution in [0.15, 0.2) is 12.5 Å². The van der Waals surface area contributed by atoms with Crippen molar-refractivity contribution in [3.8, 4) is 0 Å². The summed E-state index contributed by atoms with van der Waals surface area (Å²) in [5.74, 6) is -5.59. The summed E-state index contributed by atoms with van der Waals surface area (Å²) in [5, 5.41) is 34.9. The lowest BCUT2D eigenvalue weighted by atomic mass is 10.0. The van der Waals surface area contributed by atoms with Gasteiger partial charge >= 0.3 is 11.9 Å². The van der Waals surface area contributed by atoms with Gasteiger partial charge in [-0.15, -0.1) is 0 Å². The molecule has 1 rings (SSSR count). The Kier molecular flexibility index (Phi) is 11.1. The Labute approximate surface area is 195 Å². The van der Waals surface area contributed by atoms with Gasteiger partial charge < -0.3 is 42.0 Å². The predicted octanol–water partition coefficient (Wildman–Crippen LogP) is -2.28. The Morgan fingerprint density at radius 3 is 2.06 bits per heavy atom. The molecule has 1 aromatic rings. The molecule has 0 aliphatic heterocycles. The van der Waals surface area contributed by atoms with E-state index >= 15 is 0 Å². The van der Waals surface area contributed by atoms with Gasteiger partial charge in [0.15, 0.2) is 0 Å². The number of hydrogen-bond acceptors (Lipinski definition) is 8. The molecule has 34 heavy (non-hydrogen) atoms. The standard InChI is InChI=1S/C20H32N6O8/c1-9(2)15(25-17(30)12(21)6-11-7-22-8-23-11)18(31)26-16(10(3)27)19(32)24-13(20(33)34)4-5-14(28)29/h7-10,12-13,15-16,27H,4-6,21H2,1-3H3,(H,22,23)(H,24,32)(H,25,30)(H,26,31)(H,28,29)(H,33,34). The smallest absolute Gasteiger partial charge is 0.326 e. The lowest BCUT2D eigenvalue weighted by molar-refractivity contribution is -0.144. The summed E-state index contributed by atoms with van der Waals surface area (Å²) in [5.41, 5.74) is 6.51. The molecule has 3 amide bonds. The van der Waals surface area contributed by atoms with Gasteiger partial charge in [-0.3, -0.25) is 19.2 Å². The highest BCUT2D eigenvalue weighted by Gasteiger charge is 2.33. The number of aliphatic hydroxyl groups is 1. The second kappa shape index (κ2) is 13.3. The summed E-state index contributed by atoms with van der Waals surface area (Å²) in [6.45, 7) is 4.50. The van der Waals surface area contributed by atoms with Crippen molar-refractivity contribution in [1.29, 1.82) is 0 Å². The molecule has 0 fully saturated rings. The molecule has 190 valence electrons. The maximum atomic E-state index is 12.8. The van der Waals surface area contributed by atoms with Crippen LogP contribution in [0.3, 0.4) is 0 Å². The number of nitrogens with one attached hydrogen (secondary N) is 4. The number of aromatic nitrogens is 2. The van der Waals surface area contributed by atoms with Gasteiger partial charge in [0.05, 0.1) is 18.5 Å². The Hall–Kier alpha value is -3.52. The van der Waals surface area contributed by atoms with Crippen LogP contribution in [-0.4, -0.2) is 85.2 Å². The van der Waals surface area contributed by atoms with Gasteiger partial charge in [0.2, 0.25) is 17.7 Å². The zero-order chi connectivity index (χ0) is 26.0. The maximum Gasteiger partial charge on any atom is 0.326 e. The highest BCUT2D eigenvalue weighted by Crippen LogP contribution is 2.07. The molecule has 0 radical (unpaired) electrons. The molecule has 0 aromatic carbocycles. The van der Waals surface area contributed by atoms with Crippen LogP contribution in [0, 0.1) is 5.92 Å². The molecule has 0 bridgehead atoms. The third-order valence-electron chi connectivity index (χ3n) is 4.90. The number of nitrogens with two attached hydrogens (primary N) is 1. The molecule has 0 aliphatic rings. The molecule has 0 saturated heterocycles. The average molecular weight is 485 g/mol. The van der Waals surface area contributed by atoms with Gasteiger partial charge in [-0.25, -0.2) is 9.78 Å². The zero-order valence-corrected chi connectivity index (χ0v) is 19.1. The van der Waals surface area contributed by atoms with E-state index in [0.29, 0.717) is 5.69 Å². The number of aromatic amines is 1. The number of nitrogens with zero attached hydrogens (tertiary/aromatic N) is 1. The van der Waals surface area contributed by atoms with Crippen molar-refractivity contribution in [3.63, 3.8) is 0 Å². The van der Waals surface area contributed by atoms with Crippen LogP contribution < -0.4 is 21.7 Å². The van der Waals surface area contributed by atoms with Crippen LogP contribution in [0.1, 0.15) is 39.3 Å². The van der Waals surface area contributed by atoms with Gasteiger partial charge in [0.1, 0.15) is 18.1 Å². The number of carboxylic acid groups (broad SMARTS) is 2. The summed E-state index contributed by atoms with van der Waals surface area (Å²) in [4.78, 5) is 66.6. The van der Waals surface area contributed by atoms with Crippen molar-refractivity contribution < 1.29 is 39.3 Å². The number of hydrogen-bond donors (Lipinski definition) is 8. The van der Waals surface area contributed by atoms with Gasteiger partial charge in [-0.05, 0) is 19.3 Å². The first-order chi connectivity index (χ1) is 15.8. The molecule has 1 heterocycles. The fraction of sp³-hybridized carbons (Fsp3) is 0.600. The Balaban J connectivity index is 2.86. The first kappa shape index (κ1) is 28.5. The van der Waals surface area contributed by atoms with Crippen molar-refractivity contribution in [2.45, 2.75) is 70.3 Å². The van der Waals surface area contributed by atoms with E-state index in [9.17, 15) is 34.2 Å². The summed E-state index contributed by atoms with van der Waals surface area (Å²) < 4.78 is 0. The predicted molar refractivity (Wildman–Crippen MR) is 117 cm³/mol. The van der Waals surface area contributed by atoms with Crippen molar-refractivity contribution in [2.75, 3.05) is 0 Å². The van der Waals surface area contributed by atoms with Crippen LogP contribution in [-0.2, 0) is 30.4 Å². The summed E-state index contributed by atoms with van der Waals surface area (Å²) >= 11 is 0. The third kappa shape index (κ3) is 9.15. The van der Waals surface area contributed by atoms with Crippen LogP contribution in [0.2, 0.25) is 0 Å². The molecule has 1 aromatic heterocycles. The third-order valence-corrected chi connectivity index (χ3v) is 4.90. The number of carbonyl (C=O) groups is 5. The van der Waals surface area contributed by atoms with Crippen molar-refractivity contribution in [1.82, 2.24) is 25.9 Å². The number of aliphatic hydroxyl groups excluding tert-OH is 1. The lowest BCUT2D eigenvalue weighted by Gasteiger charge is -2.28. The number of carbonyl (C=O) groups excluding carboxylic acids is 3. The Bertz CT molecular complexity index is 857. The molecular formula is C20H32N6O8. The topological polar surface area (TPSA) is 237 Å². The molecule has 5 atom stereocenters. The SMILES string of the molecule is CC(C)C(NC(=O)C(N)Cc1cnc[nH]1)C(=O)NC(C(=O)NC(CCC(=O)O)C(=O)O)C(C)O. The summed E-state index contributed by atoms with van der Waals surface area (Å²) in [6.07, 6.45) is 0.751. The number of aliphatic carboxylic acids is 2. The quantitative estimate of drug-likeness (QED) is 0.141. The highest BCUT2D eigenvalue weighted by molar-refractivity contribution is 5.94. The Morgan fingerprint density at radius 1 is 1.00 bits per heavy atom. The van der Waals surface area contributed by atoms with Gasteiger partial charge in [0, 0.05) is 24.7 Å². The monoisotopic (exact) mass is 484 g/mol. The molecule has 0 aliphatic carbocycles. The van der Waals surface area contributed by atoms with Gasteiger partial charge in [-0.2, -0.15) is 0 Å². The van der Waals surface area contributed by atoms with Crippen LogP contribution in [0.25, 0.3) is 0 Å². The molecule has 14 heteroatoms. The van der Waals surface area contributed by atoms with Crippen molar-refractivity contribution >= 4 is 29.7 Å². The lowest BCUT2D eigenvalue weighted by Crippen LogP contribution is -2.60. The van der Waals surface area contributed by atoms with Gasteiger partial charge in [0.25, 0.3) is 0 Å². The first-order valence-corrected chi connectivity index (χ1v) is 10.6. The Morgan fingerprint density at radius 2 is 1.59 bits per heavy atom. The fourth-order valence-electron chi connectivity index (χ4n) is 2.96. The number of carboxylic acids is 2. The normalized spacial score (nSPS) is 15.5. The average Bonchev–Trinajstić information content (AvgIpc) is 3.24. The molecule has 0 saturated carbocycles. The second-order valence-corrected chi connectivity index (χ2v) is 8.18. The van der Waals surface area contributed by atoms with Gasteiger partial charge in [-0.1, -0.05) is 13.8 Å². The molecule has 14 nitrogen and oxygen atoms in total. The number of imidazole rings is 1. The van der Waals surface area contributed by atoms with E-state index in [1.54, 1.807) is 13.8 Å². The molecule has 9 N–H and O–H groups in total. The minimum absolute atomic E-state index is 0.143. The van der Waals surface area contributed by atoms with E-state index in [0.717, 1.165) is 0 Å². The minimum Gasteiger partial charge on any atom is -0.481 e. The van der Waals surface area contributed by atoms with E-state index < -0.39 is 78.7 Å². The number of H-pyrrole nitrogens is 1. The molecular weight excluding hydrogens is 452 g/mol. The highest BCUT2D eigenvalue weighted by atomic mass is 16.4. The van der Waals surface area contributed by atoms with Crippen molar-refractivity contribution in [2.24, 2.45) is 11.7 Å². The van der Waals surface area contributed by atoms with Crippen molar-refractivity contribution in [3.05, 3.63) is 18.2 Å². The maximum absolute atomic E-state index is 12.8. The first-order valence-electron chi connectivity index (χ1n) is 10.6. The number of rotatable bonds is 14. The molecule has 5 unspecified atom stereocenters. The van der Waals surface area contributed by atoms with E-state index in [1.807, 2.05) is 0 Å². The van der Waals surface area contributed by atoms with Crippen LogP contribution in [0.5, 0.6) is 0 Å². The van der Waals surface area contributed by atoms with Crippen LogP contribution >= 0.6 is 0 Å². The summed E-state index contributed by atoms with van der Waals surface area (Å²) in [7, 11) is 0. The number of amides is 3. The van der Waals surface area contributed by atoms with E-state index in [2.05, 4.69) is 25.9 Å². The summed E-state index contributed by atoms with van der Waals surface area (Å²) in [6, 6.07) is -5.20. The zero-order valence-electron chi connectivity index (χ0n) is 19.1. The minimum atomic E-state index is -1.56. The van der Waals surface area contributed by atoms with Crippen LogP contribution in [0.4, 0.5) is 0 Å². The largest absolute Gasteiger partial charge is 0.481 e. The second-order valence-electron chi connectivity index (χ2n) is 8.18. The van der Waals surface area contributed by atoms with E-state index in [1.165, 1.54) is 19.4 Å². The van der Waals surface area contributed by atoms with E-state index in [4.69, 9.17) is 10.8 Å². The fourth-order valence-corrected chi connectivity index (χ4v) is 2.96.